The Hall–Kier alpha value is -3.20. The van der Waals surface area contributed by atoms with Crippen LogP contribution in [0.3, 0.4) is 0 Å². The molecule has 0 saturated carbocycles. The minimum Gasteiger partial charge on any atom is -0.380 e. The average molecular weight is 419 g/mol. The van der Waals surface area contributed by atoms with Crippen LogP contribution in [0.25, 0.3) is 11.6 Å². The van der Waals surface area contributed by atoms with Gasteiger partial charge in [0.05, 0.1) is 30.4 Å². The summed E-state index contributed by atoms with van der Waals surface area (Å²) in [6.45, 7) is 6.17. The number of fused-ring (bicyclic) bond motifs is 1. The molecule has 1 atom stereocenters. The van der Waals surface area contributed by atoms with E-state index in [-0.39, 0.29) is 11.5 Å². The number of hydrogen-bond acceptors (Lipinski definition) is 8. The highest BCUT2D eigenvalue weighted by atomic mass is 19.1. The van der Waals surface area contributed by atoms with Crippen molar-refractivity contribution in [2.45, 2.75) is 19.4 Å². The Bertz CT molecular complexity index is 1130. The Morgan fingerprint density at radius 3 is 2.61 bits per heavy atom. The van der Waals surface area contributed by atoms with Crippen LogP contribution in [-0.2, 0) is 11.2 Å². The molecule has 0 radical (unpaired) electrons. The zero-order valence-electron chi connectivity index (χ0n) is 17.2. The van der Waals surface area contributed by atoms with Gasteiger partial charge >= 0.3 is 0 Å². The van der Waals surface area contributed by atoms with Gasteiger partial charge in [0.15, 0.2) is 11.6 Å². The molecule has 0 amide bonds. The summed E-state index contributed by atoms with van der Waals surface area (Å²) >= 11 is 0. The summed E-state index contributed by atoms with van der Waals surface area (Å²) in [5, 5.41) is 0. The molecule has 0 bridgehead atoms. The van der Waals surface area contributed by atoms with Crippen LogP contribution in [0.5, 0.6) is 0 Å². The fourth-order valence-corrected chi connectivity index (χ4v) is 4.74. The monoisotopic (exact) mass is 419 g/mol. The smallest absolute Gasteiger partial charge is 0.216 e. The van der Waals surface area contributed by atoms with Crippen LogP contribution in [0.1, 0.15) is 24.2 Å². The summed E-state index contributed by atoms with van der Waals surface area (Å²) in [5.74, 6) is 1.29. The molecule has 3 aliphatic heterocycles. The molecule has 3 aliphatic rings. The third-order valence-corrected chi connectivity index (χ3v) is 6.46. The molecule has 31 heavy (non-hydrogen) atoms. The number of ether oxygens (including phenoxy) is 1. The van der Waals surface area contributed by atoms with Crippen molar-refractivity contribution in [2.75, 3.05) is 42.6 Å². The first kappa shape index (κ1) is 18.6. The fraction of sp³-hybridized carbons (Fsp3) is 0.409. The van der Waals surface area contributed by atoms with Crippen molar-refractivity contribution < 1.29 is 9.13 Å². The summed E-state index contributed by atoms with van der Waals surface area (Å²) in [4.78, 5) is 26.2. The van der Waals surface area contributed by atoms with E-state index in [1.165, 1.54) is 6.07 Å². The molecule has 0 N–H and O–H groups in total. The van der Waals surface area contributed by atoms with Crippen molar-refractivity contribution in [3.8, 4) is 11.6 Å². The molecule has 9 heteroatoms. The minimum absolute atomic E-state index is 0.0203. The molecule has 2 fully saturated rings. The molecule has 6 rings (SSSR count). The van der Waals surface area contributed by atoms with Gasteiger partial charge in [-0.3, -0.25) is 0 Å². The Balaban J connectivity index is 1.26. The number of nitrogens with zero attached hydrogens (tertiary/aromatic N) is 7. The van der Waals surface area contributed by atoms with Crippen molar-refractivity contribution in [3.63, 3.8) is 0 Å². The lowest BCUT2D eigenvalue weighted by Crippen LogP contribution is -2.66. The molecule has 3 aromatic heterocycles. The summed E-state index contributed by atoms with van der Waals surface area (Å²) in [6, 6.07) is 5.29. The van der Waals surface area contributed by atoms with E-state index in [9.17, 15) is 4.39 Å². The first-order valence-electron chi connectivity index (χ1n) is 10.5. The molecule has 6 heterocycles. The first-order chi connectivity index (χ1) is 15.1. The third-order valence-electron chi connectivity index (χ3n) is 6.46. The van der Waals surface area contributed by atoms with Crippen LogP contribution in [-0.4, -0.2) is 57.8 Å². The van der Waals surface area contributed by atoms with Crippen LogP contribution in [0.2, 0.25) is 0 Å². The Morgan fingerprint density at radius 2 is 1.87 bits per heavy atom. The van der Waals surface area contributed by atoms with E-state index in [0.717, 1.165) is 56.2 Å². The van der Waals surface area contributed by atoms with Gasteiger partial charge in [-0.05, 0) is 13.0 Å². The van der Waals surface area contributed by atoms with Gasteiger partial charge in [-0.25, -0.2) is 24.9 Å². The maximum Gasteiger partial charge on any atom is 0.216 e. The van der Waals surface area contributed by atoms with Gasteiger partial charge in [-0.2, -0.15) is 4.39 Å². The highest BCUT2D eigenvalue weighted by molar-refractivity contribution is 5.59. The third kappa shape index (κ3) is 3.11. The predicted octanol–water partition coefficient (Wildman–Crippen LogP) is 2.43. The molecule has 2 saturated heterocycles. The van der Waals surface area contributed by atoms with Gasteiger partial charge in [-0.1, -0.05) is 0 Å². The largest absolute Gasteiger partial charge is 0.380 e. The lowest BCUT2D eigenvalue weighted by atomic mass is 9.78. The highest BCUT2D eigenvalue weighted by Crippen LogP contribution is 2.41. The van der Waals surface area contributed by atoms with Gasteiger partial charge in [0, 0.05) is 68.0 Å². The molecule has 158 valence electrons. The molecule has 8 nitrogen and oxygen atoms in total. The SMILES string of the molecule is CC1c2cnc(-c3ncccn3)nc2CCN1c1cc(F)nc(N2CC3(COC3)C2)c1. The Kier molecular flexibility index (Phi) is 4.14. The standard InChI is InChI=1S/C22H22FN7O/c1-14-16-9-26-21(20-24-4-2-5-25-20)27-17(16)3-6-30(14)15-7-18(23)28-19(8-15)29-10-22(11-29)12-31-13-22/h2,4-5,7-9,14H,3,6,10-13H2,1H3. The summed E-state index contributed by atoms with van der Waals surface area (Å²) in [6.07, 6.45) is 5.95. The molecule has 0 aromatic carbocycles. The van der Waals surface area contributed by atoms with Crippen LogP contribution in [0.15, 0.2) is 36.8 Å². The fourth-order valence-electron chi connectivity index (χ4n) is 4.74. The van der Waals surface area contributed by atoms with Gasteiger partial charge in [0.25, 0.3) is 0 Å². The summed E-state index contributed by atoms with van der Waals surface area (Å²) in [5.41, 5.74) is 3.12. The first-order valence-corrected chi connectivity index (χ1v) is 10.5. The number of rotatable bonds is 3. The van der Waals surface area contributed by atoms with Crippen LogP contribution in [0, 0.1) is 11.4 Å². The van der Waals surface area contributed by atoms with Crippen LogP contribution >= 0.6 is 0 Å². The van der Waals surface area contributed by atoms with Gasteiger partial charge in [0.2, 0.25) is 5.95 Å². The van der Waals surface area contributed by atoms with Gasteiger partial charge < -0.3 is 14.5 Å². The van der Waals surface area contributed by atoms with E-state index in [1.807, 2.05) is 12.3 Å². The van der Waals surface area contributed by atoms with Gasteiger partial charge in [-0.15, -0.1) is 0 Å². The van der Waals surface area contributed by atoms with E-state index in [0.29, 0.717) is 17.5 Å². The quantitative estimate of drug-likeness (QED) is 0.599. The average Bonchev–Trinajstić information content (AvgIpc) is 2.72. The molecule has 0 aliphatic carbocycles. The topological polar surface area (TPSA) is 80.2 Å². The van der Waals surface area contributed by atoms with Gasteiger partial charge in [0.1, 0.15) is 5.82 Å². The lowest BCUT2D eigenvalue weighted by Gasteiger charge is -2.55. The second-order valence-corrected chi connectivity index (χ2v) is 8.64. The second-order valence-electron chi connectivity index (χ2n) is 8.64. The van der Waals surface area contributed by atoms with E-state index in [2.05, 4.69) is 36.7 Å². The normalized spacial score (nSPS) is 21.4. The van der Waals surface area contributed by atoms with Crippen molar-refractivity contribution in [1.29, 1.82) is 0 Å². The number of anilines is 2. The lowest BCUT2D eigenvalue weighted by molar-refractivity contribution is -0.127. The zero-order valence-corrected chi connectivity index (χ0v) is 17.2. The predicted molar refractivity (Wildman–Crippen MR) is 112 cm³/mol. The number of aromatic nitrogens is 5. The molecule has 1 spiro atoms. The molecule has 1 unspecified atom stereocenters. The van der Waals surface area contributed by atoms with E-state index in [1.54, 1.807) is 18.5 Å². The maximum absolute atomic E-state index is 14.4. The zero-order chi connectivity index (χ0) is 21.0. The van der Waals surface area contributed by atoms with Crippen molar-refractivity contribution in [2.24, 2.45) is 5.41 Å². The molecule has 3 aromatic rings. The van der Waals surface area contributed by atoms with E-state index >= 15 is 0 Å². The van der Waals surface area contributed by atoms with Crippen LogP contribution in [0.4, 0.5) is 15.9 Å². The highest BCUT2D eigenvalue weighted by Gasteiger charge is 2.49. The van der Waals surface area contributed by atoms with Crippen LogP contribution < -0.4 is 9.80 Å². The number of pyridine rings is 1. The Morgan fingerprint density at radius 1 is 1.06 bits per heavy atom. The van der Waals surface area contributed by atoms with Crippen molar-refractivity contribution >= 4 is 11.5 Å². The van der Waals surface area contributed by atoms with E-state index < -0.39 is 5.95 Å². The number of halogens is 1. The molecular formula is C22H22FN7O. The maximum atomic E-state index is 14.4. The summed E-state index contributed by atoms with van der Waals surface area (Å²) < 4.78 is 19.8. The summed E-state index contributed by atoms with van der Waals surface area (Å²) in [7, 11) is 0. The van der Waals surface area contributed by atoms with Crippen molar-refractivity contribution in [1.82, 2.24) is 24.9 Å². The number of hydrogen-bond donors (Lipinski definition) is 0. The molecular weight excluding hydrogens is 397 g/mol. The Labute approximate surface area is 179 Å². The minimum atomic E-state index is -0.455. The van der Waals surface area contributed by atoms with Crippen molar-refractivity contribution in [3.05, 3.63) is 54.0 Å². The van der Waals surface area contributed by atoms with E-state index in [4.69, 9.17) is 9.72 Å². The second kappa shape index (κ2) is 6.91.